The van der Waals surface area contributed by atoms with Gasteiger partial charge >= 0.3 is 0 Å². The van der Waals surface area contributed by atoms with E-state index in [-0.39, 0.29) is 5.92 Å². The van der Waals surface area contributed by atoms with Crippen LogP contribution in [-0.2, 0) is 5.60 Å². The van der Waals surface area contributed by atoms with E-state index in [2.05, 4.69) is 29.8 Å². The SMILES string of the molecule is CC(C)c1c2c(cc(Br)c1C1(O)CC1)OCCO2. The molecule has 0 spiro atoms. The van der Waals surface area contributed by atoms with Crippen molar-refractivity contribution in [3.63, 3.8) is 0 Å². The molecule has 1 saturated carbocycles. The Bertz CT molecular complexity index is 492. The molecule has 1 aliphatic heterocycles. The lowest BCUT2D eigenvalue weighted by Gasteiger charge is -2.27. The van der Waals surface area contributed by atoms with Crippen LogP contribution in [0.2, 0.25) is 0 Å². The molecule has 0 aromatic heterocycles. The number of ether oxygens (including phenoxy) is 2. The van der Waals surface area contributed by atoms with Gasteiger partial charge in [-0.15, -0.1) is 0 Å². The highest BCUT2D eigenvalue weighted by Crippen LogP contribution is 2.54. The van der Waals surface area contributed by atoms with Gasteiger partial charge in [-0.3, -0.25) is 0 Å². The predicted octanol–water partition coefficient (Wildman–Crippen LogP) is 3.33. The van der Waals surface area contributed by atoms with Crippen molar-refractivity contribution in [3.05, 3.63) is 21.7 Å². The zero-order valence-electron chi connectivity index (χ0n) is 10.6. The van der Waals surface area contributed by atoms with E-state index in [9.17, 15) is 5.11 Å². The number of benzene rings is 1. The standard InChI is InChI=1S/C14H17BrO3/c1-8(2)11-12(14(16)3-4-14)9(15)7-10-13(11)18-6-5-17-10/h7-8,16H,3-6H2,1-2H3. The lowest BCUT2D eigenvalue weighted by Crippen LogP contribution is -2.20. The Kier molecular flexibility index (Phi) is 2.83. The Morgan fingerprint density at radius 1 is 1.28 bits per heavy atom. The van der Waals surface area contributed by atoms with Crippen LogP contribution in [-0.4, -0.2) is 18.3 Å². The molecule has 1 aromatic rings. The maximum absolute atomic E-state index is 10.5. The lowest BCUT2D eigenvalue weighted by molar-refractivity contribution is 0.143. The third-order valence-corrected chi connectivity index (χ3v) is 4.21. The van der Waals surface area contributed by atoms with Crippen LogP contribution in [0.15, 0.2) is 10.5 Å². The second-order valence-corrected chi connectivity index (χ2v) is 6.21. The lowest BCUT2D eigenvalue weighted by atomic mass is 9.91. The maximum atomic E-state index is 10.5. The molecule has 1 fully saturated rings. The number of rotatable bonds is 2. The summed E-state index contributed by atoms with van der Waals surface area (Å²) in [5, 5.41) is 10.5. The smallest absolute Gasteiger partial charge is 0.165 e. The molecule has 1 aromatic carbocycles. The third-order valence-electron chi connectivity index (χ3n) is 3.59. The molecular weight excluding hydrogens is 296 g/mol. The van der Waals surface area contributed by atoms with E-state index in [0.29, 0.717) is 13.2 Å². The van der Waals surface area contributed by atoms with Gasteiger partial charge in [0.1, 0.15) is 13.2 Å². The fraction of sp³-hybridized carbons (Fsp3) is 0.571. The minimum Gasteiger partial charge on any atom is -0.486 e. The van der Waals surface area contributed by atoms with Crippen molar-refractivity contribution >= 4 is 15.9 Å². The van der Waals surface area contributed by atoms with Crippen molar-refractivity contribution in [2.75, 3.05) is 13.2 Å². The Hall–Kier alpha value is -0.740. The topological polar surface area (TPSA) is 38.7 Å². The summed E-state index contributed by atoms with van der Waals surface area (Å²) in [6, 6.07) is 1.92. The third kappa shape index (κ3) is 1.82. The molecule has 3 rings (SSSR count). The summed E-state index contributed by atoms with van der Waals surface area (Å²) in [7, 11) is 0. The van der Waals surface area contributed by atoms with Crippen LogP contribution in [0, 0.1) is 0 Å². The maximum Gasteiger partial charge on any atom is 0.165 e. The fourth-order valence-electron chi connectivity index (χ4n) is 2.57. The van der Waals surface area contributed by atoms with Crippen molar-refractivity contribution in [2.45, 2.75) is 38.2 Å². The predicted molar refractivity (Wildman–Crippen MR) is 72.4 cm³/mol. The van der Waals surface area contributed by atoms with Crippen molar-refractivity contribution in [1.82, 2.24) is 0 Å². The highest BCUT2D eigenvalue weighted by atomic mass is 79.9. The van der Waals surface area contributed by atoms with E-state index in [1.165, 1.54) is 0 Å². The van der Waals surface area contributed by atoms with Gasteiger partial charge in [-0.05, 0) is 24.8 Å². The minimum absolute atomic E-state index is 0.289. The van der Waals surface area contributed by atoms with Gasteiger partial charge in [-0.25, -0.2) is 0 Å². The normalized spacial score (nSPS) is 20.1. The summed E-state index contributed by atoms with van der Waals surface area (Å²) in [6.07, 6.45) is 1.65. The first-order valence-corrected chi connectivity index (χ1v) is 7.17. The summed E-state index contributed by atoms with van der Waals surface area (Å²) in [5.41, 5.74) is 1.40. The number of aliphatic hydroxyl groups is 1. The number of halogens is 1. The second kappa shape index (κ2) is 4.14. The number of hydrogen-bond acceptors (Lipinski definition) is 3. The molecule has 3 nitrogen and oxygen atoms in total. The molecule has 1 heterocycles. The molecular formula is C14H17BrO3. The van der Waals surface area contributed by atoms with Gasteiger partial charge < -0.3 is 14.6 Å². The molecule has 2 aliphatic rings. The first kappa shape index (κ1) is 12.3. The molecule has 4 heteroatoms. The largest absolute Gasteiger partial charge is 0.486 e. The van der Waals surface area contributed by atoms with Crippen LogP contribution in [0.25, 0.3) is 0 Å². The monoisotopic (exact) mass is 312 g/mol. The molecule has 0 unspecified atom stereocenters. The highest BCUT2D eigenvalue weighted by Gasteiger charge is 2.46. The first-order valence-electron chi connectivity index (χ1n) is 6.38. The number of hydrogen-bond donors (Lipinski definition) is 1. The van der Waals surface area contributed by atoms with Crippen LogP contribution < -0.4 is 9.47 Å². The Morgan fingerprint density at radius 2 is 1.94 bits per heavy atom. The fourth-order valence-corrected chi connectivity index (χ4v) is 3.36. The average Bonchev–Trinajstić information content (AvgIpc) is 3.06. The van der Waals surface area contributed by atoms with Gasteiger partial charge in [0.05, 0.1) is 5.60 Å². The summed E-state index contributed by atoms with van der Waals surface area (Å²) >= 11 is 3.57. The molecule has 1 aliphatic carbocycles. The van der Waals surface area contributed by atoms with Crippen LogP contribution in [0.5, 0.6) is 11.5 Å². The van der Waals surface area contributed by atoms with Crippen LogP contribution in [0.4, 0.5) is 0 Å². The second-order valence-electron chi connectivity index (χ2n) is 5.36. The molecule has 0 saturated heterocycles. The van der Waals surface area contributed by atoms with Gasteiger partial charge in [0.15, 0.2) is 11.5 Å². The van der Waals surface area contributed by atoms with Gasteiger partial charge in [0.2, 0.25) is 0 Å². The van der Waals surface area contributed by atoms with Gasteiger partial charge in [-0.2, -0.15) is 0 Å². The zero-order chi connectivity index (χ0) is 12.9. The summed E-state index contributed by atoms with van der Waals surface area (Å²) in [5.74, 6) is 1.89. The molecule has 18 heavy (non-hydrogen) atoms. The molecule has 0 atom stereocenters. The molecule has 0 bridgehead atoms. The zero-order valence-corrected chi connectivity index (χ0v) is 12.2. The van der Waals surface area contributed by atoms with Gasteiger partial charge in [0.25, 0.3) is 0 Å². The summed E-state index contributed by atoms with van der Waals surface area (Å²) < 4.78 is 12.4. The summed E-state index contributed by atoms with van der Waals surface area (Å²) in [6.45, 7) is 5.40. The average molecular weight is 313 g/mol. The summed E-state index contributed by atoms with van der Waals surface area (Å²) in [4.78, 5) is 0. The Labute approximate surface area is 115 Å². The van der Waals surface area contributed by atoms with E-state index in [4.69, 9.17) is 9.47 Å². The van der Waals surface area contributed by atoms with Crippen LogP contribution in [0.1, 0.15) is 43.7 Å². The van der Waals surface area contributed by atoms with Gasteiger partial charge in [0, 0.05) is 15.6 Å². The van der Waals surface area contributed by atoms with Crippen LogP contribution in [0.3, 0.4) is 0 Å². The number of fused-ring (bicyclic) bond motifs is 1. The molecule has 1 N–H and O–H groups in total. The molecule has 0 radical (unpaired) electrons. The quantitative estimate of drug-likeness (QED) is 0.910. The Morgan fingerprint density at radius 3 is 2.56 bits per heavy atom. The minimum atomic E-state index is -0.672. The van der Waals surface area contributed by atoms with Crippen LogP contribution >= 0.6 is 15.9 Å². The molecule has 0 amide bonds. The Balaban J connectivity index is 2.24. The first-order chi connectivity index (χ1) is 8.53. The van der Waals surface area contributed by atoms with E-state index in [0.717, 1.165) is 39.9 Å². The van der Waals surface area contributed by atoms with E-state index in [1.54, 1.807) is 0 Å². The van der Waals surface area contributed by atoms with Crippen molar-refractivity contribution in [3.8, 4) is 11.5 Å². The molecule has 98 valence electrons. The van der Waals surface area contributed by atoms with E-state index in [1.807, 2.05) is 6.07 Å². The van der Waals surface area contributed by atoms with Crippen molar-refractivity contribution < 1.29 is 14.6 Å². The van der Waals surface area contributed by atoms with E-state index >= 15 is 0 Å². The van der Waals surface area contributed by atoms with E-state index < -0.39 is 5.60 Å². The van der Waals surface area contributed by atoms with Crippen molar-refractivity contribution in [1.29, 1.82) is 0 Å². The highest BCUT2D eigenvalue weighted by molar-refractivity contribution is 9.10. The van der Waals surface area contributed by atoms with Gasteiger partial charge in [-0.1, -0.05) is 29.8 Å². The van der Waals surface area contributed by atoms with Crippen molar-refractivity contribution in [2.24, 2.45) is 0 Å².